The Morgan fingerprint density at radius 2 is 2.00 bits per heavy atom. The summed E-state index contributed by atoms with van der Waals surface area (Å²) in [7, 11) is 2.12. The van der Waals surface area contributed by atoms with Crippen LogP contribution in [0.25, 0.3) is 0 Å². The third-order valence-electron chi connectivity index (χ3n) is 6.00. The van der Waals surface area contributed by atoms with E-state index in [1.807, 2.05) is 0 Å². The predicted octanol–water partition coefficient (Wildman–Crippen LogP) is 4.34. The average Bonchev–Trinajstić information content (AvgIpc) is 3.11. The summed E-state index contributed by atoms with van der Waals surface area (Å²) in [6.45, 7) is 6.55. The summed E-state index contributed by atoms with van der Waals surface area (Å²) in [6.07, 6.45) is 4.19. The van der Waals surface area contributed by atoms with Crippen LogP contribution in [0.2, 0.25) is 5.02 Å². The van der Waals surface area contributed by atoms with E-state index in [1.54, 1.807) is 35.1 Å². The molecule has 1 aromatic heterocycles. The normalized spacial score (nSPS) is 22.0. The fourth-order valence-electron chi connectivity index (χ4n) is 3.99. The Kier molecular flexibility index (Phi) is 6.39. The molecule has 1 aromatic carbocycles. The van der Waals surface area contributed by atoms with Gasteiger partial charge in [0.2, 0.25) is 0 Å². The number of benzene rings is 1. The SMILES string of the molecule is CN([C@H]1CC[C@H](n2cc(C(N)=O)c(Nc3ccc(Cl)cc3)n2)[C@@H](C#N)C1)C(C)(C)C. The number of rotatable bonds is 5. The number of nitrogens with two attached hydrogens (primary N) is 1. The van der Waals surface area contributed by atoms with Gasteiger partial charge in [0.1, 0.15) is 5.56 Å². The van der Waals surface area contributed by atoms with Crippen molar-refractivity contribution >= 4 is 29.0 Å². The van der Waals surface area contributed by atoms with Gasteiger partial charge in [-0.25, -0.2) is 0 Å². The maximum absolute atomic E-state index is 12.0. The highest BCUT2D eigenvalue weighted by molar-refractivity contribution is 6.30. The zero-order chi connectivity index (χ0) is 22.1. The van der Waals surface area contributed by atoms with Crippen LogP contribution in [0.5, 0.6) is 0 Å². The highest BCUT2D eigenvalue weighted by Gasteiger charge is 2.37. The summed E-state index contributed by atoms with van der Waals surface area (Å²) in [5, 5.41) is 18.2. The first-order valence-corrected chi connectivity index (χ1v) is 10.5. The zero-order valence-electron chi connectivity index (χ0n) is 17.9. The molecular weight excluding hydrogens is 400 g/mol. The van der Waals surface area contributed by atoms with Crippen LogP contribution in [0.3, 0.4) is 0 Å². The first-order chi connectivity index (χ1) is 14.1. The summed E-state index contributed by atoms with van der Waals surface area (Å²) in [5.41, 5.74) is 6.68. The van der Waals surface area contributed by atoms with Crippen LogP contribution < -0.4 is 11.1 Å². The molecule has 1 heterocycles. The van der Waals surface area contributed by atoms with E-state index in [0.717, 1.165) is 24.9 Å². The molecule has 7 nitrogen and oxygen atoms in total. The van der Waals surface area contributed by atoms with Gasteiger partial charge in [0.05, 0.1) is 18.0 Å². The lowest BCUT2D eigenvalue weighted by Crippen LogP contribution is -2.48. The van der Waals surface area contributed by atoms with Crippen molar-refractivity contribution in [1.29, 1.82) is 5.26 Å². The third-order valence-corrected chi connectivity index (χ3v) is 6.25. The molecule has 0 bridgehead atoms. The lowest BCUT2D eigenvalue weighted by atomic mass is 9.80. The van der Waals surface area contributed by atoms with Gasteiger partial charge in [0.15, 0.2) is 5.82 Å². The van der Waals surface area contributed by atoms with Gasteiger partial charge in [-0.15, -0.1) is 0 Å². The molecule has 8 heteroatoms. The van der Waals surface area contributed by atoms with Crippen LogP contribution >= 0.6 is 11.6 Å². The first-order valence-electron chi connectivity index (χ1n) is 10.1. The van der Waals surface area contributed by atoms with Gasteiger partial charge in [0.25, 0.3) is 5.91 Å². The second kappa shape index (κ2) is 8.66. The van der Waals surface area contributed by atoms with Crippen molar-refractivity contribution < 1.29 is 4.79 Å². The minimum absolute atomic E-state index is 0.0397. The number of nitriles is 1. The quantitative estimate of drug-likeness (QED) is 0.737. The van der Waals surface area contributed by atoms with Gasteiger partial charge in [-0.2, -0.15) is 10.4 Å². The Morgan fingerprint density at radius 3 is 2.57 bits per heavy atom. The van der Waals surface area contributed by atoms with Gasteiger partial charge in [-0.3, -0.25) is 14.4 Å². The Morgan fingerprint density at radius 1 is 1.33 bits per heavy atom. The monoisotopic (exact) mass is 428 g/mol. The molecule has 2 aromatic rings. The number of carbonyl (C=O) groups is 1. The van der Waals surface area contributed by atoms with Gasteiger partial charge in [0, 0.05) is 28.5 Å². The molecule has 1 amide bonds. The molecule has 3 rings (SSSR count). The Bertz CT molecular complexity index is 940. The summed E-state index contributed by atoms with van der Waals surface area (Å²) in [4.78, 5) is 14.3. The molecule has 0 unspecified atom stereocenters. The van der Waals surface area contributed by atoms with Crippen LogP contribution in [0, 0.1) is 17.2 Å². The topological polar surface area (TPSA) is 100.0 Å². The number of hydrogen-bond acceptors (Lipinski definition) is 5. The molecule has 0 spiro atoms. The summed E-state index contributed by atoms with van der Waals surface area (Å²) < 4.78 is 1.74. The fourth-order valence-corrected chi connectivity index (χ4v) is 4.12. The summed E-state index contributed by atoms with van der Waals surface area (Å²) in [6, 6.07) is 9.82. The minimum atomic E-state index is -0.563. The number of aromatic nitrogens is 2. The summed E-state index contributed by atoms with van der Waals surface area (Å²) in [5.74, 6) is -0.375. The lowest BCUT2D eigenvalue weighted by Gasteiger charge is -2.43. The number of primary amides is 1. The van der Waals surface area contributed by atoms with E-state index in [4.69, 9.17) is 17.3 Å². The number of amides is 1. The van der Waals surface area contributed by atoms with E-state index in [-0.39, 0.29) is 17.5 Å². The van der Waals surface area contributed by atoms with Crippen LogP contribution in [0.15, 0.2) is 30.5 Å². The van der Waals surface area contributed by atoms with Crippen LogP contribution in [0.4, 0.5) is 11.5 Å². The molecule has 30 heavy (non-hydrogen) atoms. The molecular formula is C22H29ClN6O. The molecule has 3 N–H and O–H groups in total. The van der Waals surface area contributed by atoms with Crippen molar-refractivity contribution in [1.82, 2.24) is 14.7 Å². The lowest BCUT2D eigenvalue weighted by molar-refractivity contribution is 0.0657. The molecule has 1 aliphatic rings. The van der Waals surface area contributed by atoms with Crippen molar-refractivity contribution in [3.05, 3.63) is 41.0 Å². The Labute approximate surface area is 182 Å². The number of carbonyl (C=O) groups excluding carboxylic acids is 1. The minimum Gasteiger partial charge on any atom is -0.365 e. The van der Waals surface area contributed by atoms with Gasteiger partial charge in [-0.1, -0.05) is 11.6 Å². The van der Waals surface area contributed by atoms with Crippen LogP contribution in [0.1, 0.15) is 56.4 Å². The van der Waals surface area contributed by atoms with Gasteiger partial charge in [-0.05, 0) is 71.3 Å². The molecule has 160 valence electrons. The van der Waals surface area contributed by atoms with E-state index < -0.39 is 5.91 Å². The number of nitrogens with one attached hydrogen (secondary N) is 1. The number of halogens is 1. The number of hydrogen-bond donors (Lipinski definition) is 2. The number of nitrogens with zero attached hydrogens (tertiary/aromatic N) is 4. The standard InChI is InChI=1S/C22H29ClN6O/c1-22(2,3)28(4)17-9-10-19(14(11-17)12-24)29-13-18(20(25)30)21(27-29)26-16-7-5-15(23)6-8-16/h5-8,13-14,17,19H,9-11H2,1-4H3,(H2,25,30)(H,26,27)/t14-,17+,19+/m1/s1. The van der Waals surface area contributed by atoms with E-state index in [2.05, 4.69) is 49.2 Å². The van der Waals surface area contributed by atoms with E-state index >= 15 is 0 Å². The maximum atomic E-state index is 12.0. The van der Waals surface area contributed by atoms with Gasteiger partial charge >= 0.3 is 0 Å². The van der Waals surface area contributed by atoms with Gasteiger partial charge < -0.3 is 11.1 Å². The molecule has 0 saturated heterocycles. The molecule has 0 aliphatic heterocycles. The molecule has 1 fully saturated rings. The van der Waals surface area contributed by atoms with E-state index in [9.17, 15) is 10.1 Å². The Hall–Kier alpha value is -2.56. The second-order valence-corrected chi connectivity index (χ2v) is 9.36. The first kappa shape index (κ1) is 22.1. The molecule has 3 atom stereocenters. The predicted molar refractivity (Wildman–Crippen MR) is 119 cm³/mol. The highest BCUT2D eigenvalue weighted by Crippen LogP contribution is 2.38. The van der Waals surface area contributed by atoms with E-state index in [0.29, 0.717) is 22.4 Å². The smallest absolute Gasteiger partial charge is 0.254 e. The zero-order valence-corrected chi connectivity index (χ0v) is 18.6. The largest absolute Gasteiger partial charge is 0.365 e. The second-order valence-electron chi connectivity index (χ2n) is 8.92. The fraction of sp³-hybridized carbons (Fsp3) is 0.500. The van der Waals surface area contributed by atoms with Crippen molar-refractivity contribution in [3.8, 4) is 6.07 Å². The van der Waals surface area contributed by atoms with Crippen molar-refractivity contribution in [2.24, 2.45) is 11.7 Å². The molecule has 1 aliphatic carbocycles. The molecule has 0 radical (unpaired) electrons. The highest BCUT2D eigenvalue weighted by atomic mass is 35.5. The third kappa shape index (κ3) is 4.77. The van der Waals surface area contributed by atoms with Crippen molar-refractivity contribution in [3.63, 3.8) is 0 Å². The Balaban J connectivity index is 1.84. The molecule has 1 saturated carbocycles. The maximum Gasteiger partial charge on any atom is 0.254 e. The van der Waals surface area contributed by atoms with Crippen LogP contribution in [-0.2, 0) is 0 Å². The van der Waals surface area contributed by atoms with Crippen LogP contribution in [-0.4, -0.2) is 39.2 Å². The van der Waals surface area contributed by atoms with E-state index in [1.165, 1.54) is 0 Å². The summed E-state index contributed by atoms with van der Waals surface area (Å²) >= 11 is 5.94. The average molecular weight is 429 g/mol. The number of anilines is 2. The van der Waals surface area contributed by atoms with Crippen molar-refractivity contribution in [2.45, 2.75) is 57.7 Å². The van der Waals surface area contributed by atoms with Crippen molar-refractivity contribution in [2.75, 3.05) is 12.4 Å².